The van der Waals surface area contributed by atoms with Gasteiger partial charge in [0.15, 0.2) is 0 Å². The molecule has 2 rings (SSSR count). The fourth-order valence-electron chi connectivity index (χ4n) is 2.16. The minimum atomic E-state index is -0.339. The van der Waals surface area contributed by atoms with Crippen molar-refractivity contribution in [3.63, 3.8) is 0 Å². The topological polar surface area (TPSA) is 68.1 Å². The first-order chi connectivity index (χ1) is 9.17. The number of anilines is 1. The maximum absolute atomic E-state index is 11.3. The zero-order valence-corrected chi connectivity index (χ0v) is 11.1. The van der Waals surface area contributed by atoms with Crippen molar-refractivity contribution in [1.82, 2.24) is 4.98 Å². The van der Waals surface area contributed by atoms with Gasteiger partial charge in [0.05, 0.1) is 15.8 Å². The molecule has 0 fully saturated rings. The number of nitrogens with zero attached hydrogens (tertiary/aromatic N) is 2. The van der Waals surface area contributed by atoms with Crippen molar-refractivity contribution < 1.29 is 4.92 Å². The average Bonchev–Trinajstić information content (AvgIpc) is 2.43. The molecule has 19 heavy (non-hydrogen) atoms. The summed E-state index contributed by atoms with van der Waals surface area (Å²) in [6, 6.07) is 7.25. The maximum atomic E-state index is 11.3. The summed E-state index contributed by atoms with van der Waals surface area (Å²) >= 11 is 0. The third kappa shape index (κ3) is 2.65. The van der Waals surface area contributed by atoms with Gasteiger partial charge in [0, 0.05) is 12.2 Å². The number of rotatable bonds is 5. The van der Waals surface area contributed by atoms with Gasteiger partial charge in [0.2, 0.25) is 0 Å². The van der Waals surface area contributed by atoms with Crippen LogP contribution < -0.4 is 5.32 Å². The largest absolute Gasteiger partial charge is 0.377 e. The average molecular weight is 259 g/mol. The van der Waals surface area contributed by atoms with Crippen molar-refractivity contribution in [3.05, 3.63) is 40.6 Å². The van der Waals surface area contributed by atoms with E-state index in [-0.39, 0.29) is 16.7 Å². The normalized spacial score (nSPS) is 10.9. The van der Waals surface area contributed by atoms with Crippen LogP contribution in [0.2, 0.25) is 0 Å². The Balaban J connectivity index is 2.54. The zero-order valence-electron chi connectivity index (χ0n) is 11.1. The van der Waals surface area contributed by atoms with Crippen molar-refractivity contribution >= 4 is 22.3 Å². The van der Waals surface area contributed by atoms with Crippen molar-refractivity contribution in [2.24, 2.45) is 0 Å². The van der Waals surface area contributed by atoms with Crippen LogP contribution in [0.15, 0.2) is 30.5 Å². The SMILES string of the molecule is CCC(CC)Nc1ccc2ncccc2c1[N+](=O)[O-]. The third-order valence-electron chi connectivity index (χ3n) is 3.28. The van der Waals surface area contributed by atoms with Crippen LogP contribution in [0.1, 0.15) is 26.7 Å². The zero-order chi connectivity index (χ0) is 13.8. The van der Waals surface area contributed by atoms with E-state index in [1.807, 2.05) is 6.07 Å². The number of nitrogens with one attached hydrogen (secondary N) is 1. The number of nitro groups is 1. The van der Waals surface area contributed by atoms with Gasteiger partial charge >= 0.3 is 5.69 Å². The first-order valence-corrected chi connectivity index (χ1v) is 6.46. The Morgan fingerprint density at radius 2 is 2.05 bits per heavy atom. The van der Waals surface area contributed by atoms with Gasteiger partial charge in [-0.05, 0) is 37.1 Å². The molecule has 1 aromatic heterocycles. The highest BCUT2D eigenvalue weighted by Crippen LogP contribution is 2.33. The fourth-order valence-corrected chi connectivity index (χ4v) is 2.16. The Morgan fingerprint density at radius 3 is 2.68 bits per heavy atom. The van der Waals surface area contributed by atoms with E-state index in [4.69, 9.17) is 0 Å². The molecule has 1 N–H and O–H groups in total. The molecule has 0 radical (unpaired) electrons. The molecule has 0 unspecified atom stereocenters. The van der Waals surface area contributed by atoms with Crippen LogP contribution in [0.4, 0.5) is 11.4 Å². The molecule has 0 aliphatic carbocycles. The molecule has 1 aromatic carbocycles. The van der Waals surface area contributed by atoms with E-state index in [1.54, 1.807) is 24.4 Å². The summed E-state index contributed by atoms with van der Waals surface area (Å²) in [6.07, 6.45) is 3.50. The Morgan fingerprint density at radius 1 is 1.32 bits per heavy atom. The third-order valence-corrected chi connectivity index (χ3v) is 3.28. The molecule has 0 amide bonds. The predicted molar refractivity (Wildman–Crippen MR) is 76.4 cm³/mol. The summed E-state index contributed by atoms with van der Waals surface area (Å²) in [7, 11) is 0. The molecule has 0 bridgehead atoms. The highest BCUT2D eigenvalue weighted by Gasteiger charge is 2.20. The number of nitro benzene ring substituents is 1. The number of hydrogen-bond donors (Lipinski definition) is 1. The smallest absolute Gasteiger partial charge is 0.301 e. The van der Waals surface area contributed by atoms with Crippen molar-refractivity contribution in [2.45, 2.75) is 32.7 Å². The van der Waals surface area contributed by atoms with Crippen molar-refractivity contribution in [3.8, 4) is 0 Å². The lowest BCUT2D eigenvalue weighted by molar-refractivity contribution is -0.382. The van der Waals surface area contributed by atoms with E-state index in [2.05, 4.69) is 24.1 Å². The van der Waals surface area contributed by atoms with Gasteiger partial charge in [-0.15, -0.1) is 0 Å². The second kappa shape index (κ2) is 5.65. The van der Waals surface area contributed by atoms with Crippen LogP contribution in [-0.4, -0.2) is 15.9 Å². The standard InChI is InChI=1S/C14H17N3O2/c1-3-10(4-2)16-13-8-7-12-11(6-5-9-15-12)14(13)17(18)19/h5-10,16H,3-4H2,1-2H3. The van der Waals surface area contributed by atoms with Gasteiger partial charge in [-0.25, -0.2) is 0 Å². The lowest BCUT2D eigenvalue weighted by Crippen LogP contribution is -2.17. The van der Waals surface area contributed by atoms with Crippen LogP contribution in [0.25, 0.3) is 10.9 Å². The van der Waals surface area contributed by atoms with E-state index in [0.29, 0.717) is 16.6 Å². The Kier molecular flexibility index (Phi) is 3.94. The molecule has 0 spiro atoms. The van der Waals surface area contributed by atoms with Gasteiger partial charge < -0.3 is 5.32 Å². The highest BCUT2D eigenvalue weighted by atomic mass is 16.6. The second-order valence-electron chi connectivity index (χ2n) is 4.45. The van der Waals surface area contributed by atoms with Crippen LogP contribution in [-0.2, 0) is 0 Å². The minimum absolute atomic E-state index is 0.109. The molecule has 0 saturated heterocycles. The monoisotopic (exact) mass is 259 g/mol. The molecule has 100 valence electrons. The summed E-state index contributed by atoms with van der Waals surface area (Å²) in [5.74, 6) is 0. The van der Waals surface area contributed by atoms with Gasteiger partial charge in [-0.1, -0.05) is 13.8 Å². The number of aromatic nitrogens is 1. The Hall–Kier alpha value is -2.17. The molecular weight excluding hydrogens is 242 g/mol. The van der Waals surface area contributed by atoms with Crippen molar-refractivity contribution in [1.29, 1.82) is 0 Å². The molecule has 0 aliphatic heterocycles. The minimum Gasteiger partial charge on any atom is -0.377 e. The summed E-state index contributed by atoms with van der Waals surface area (Å²) in [4.78, 5) is 15.1. The molecule has 0 saturated carbocycles. The molecule has 0 atom stereocenters. The molecule has 5 nitrogen and oxygen atoms in total. The Labute approximate surface area is 111 Å². The number of fused-ring (bicyclic) bond motifs is 1. The first kappa shape index (κ1) is 13.3. The van der Waals surface area contributed by atoms with Crippen LogP contribution in [0, 0.1) is 10.1 Å². The number of hydrogen-bond acceptors (Lipinski definition) is 4. The second-order valence-corrected chi connectivity index (χ2v) is 4.45. The predicted octanol–water partition coefficient (Wildman–Crippen LogP) is 3.74. The van der Waals surface area contributed by atoms with E-state index >= 15 is 0 Å². The lowest BCUT2D eigenvalue weighted by Gasteiger charge is -2.16. The highest BCUT2D eigenvalue weighted by molar-refractivity contribution is 5.94. The summed E-state index contributed by atoms with van der Waals surface area (Å²) in [6.45, 7) is 4.13. The van der Waals surface area contributed by atoms with Crippen LogP contribution in [0.3, 0.4) is 0 Å². The van der Waals surface area contributed by atoms with Gasteiger partial charge in [-0.3, -0.25) is 15.1 Å². The summed E-state index contributed by atoms with van der Waals surface area (Å²) in [5.41, 5.74) is 1.32. The lowest BCUT2D eigenvalue weighted by atomic mass is 10.1. The van der Waals surface area contributed by atoms with Gasteiger partial charge in [0.25, 0.3) is 0 Å². The molecule has 1 heterocycles. The molecule has 5 heteroatoms. The van der Waals surface area contributed by atoms with E-state index < -0.39 is 0 Å². The molecule has 0 aliphatic rings. The number of pyridine rings is 1. The van der Waals surface area contributed by atoms with E-state index in [0.717, 1.165) is 12.8 Å². The molecule has 2 aromatic rings. The van der Waals surface area contributed by atoms with Gasteiger partial charge in [-0.2, -0.15) is 0 Å². The fraction of sp³-hybridized carbons (Fsp3) is 0.357. The summed E-state index contributed by atoms with van der Waals surface area (Å²) in [5, 5.41) is 15.2. The quantitative estimate of drug-likeness (QED) is 0.656. The van der Waals surface area contributed by atoms with Crippen LogP contribution in [0.5, 0.6) is 0 Å². The van der Waals surface area contributed by atoms with Gasteiger partial charge in [0.1, 0.15) is 5.69 Å². The molecular formula is C14H17N3O2. The van der Waals surface area contributed by atoms with Crippen molar-refractivity contribution in [2.75, 3.05) is 5.32 Å². The first-order valence-electron chi connectivity index (χ1n) is 6.46. The van der Waals surface area contributed by atoms with Crippen LogP contribution >= 0.6 is 0 Å². The van der Waals surface area contributed by atoms with E-state index in [9.17, 15) is 10.1 Å². The van der Waals surface area contributed by atoms with E-state index in [1.165, 1.54) is 0 Å². The number of benzene rings is 1. The Bertz CT molecular complexity index is 594. The maximum Gasteiger partial charge on any atom is 0.301 e. The summed E-state index contributed by atoms with van der Waals surface area (Å²) < 4.78 is 0.